The van der Waals surface area contributed by atoms with E-state index in [1.165, 1.54) is 6.42 Å². The van der Waals surface area contributed by atoms with Gasteiger partial charge in [0.05, 0.1) is 17.8 Å². The standard InChI is InChI=1S/C12H19N3O/c1-9(16)11-6-2-3-8-15(11)12-10(13)5-4-7-14-12/h4-5,7,9,11,16H,2-3,6,8,13H2,1H3/t9-,11+/m1/s1. The fraction of sp³-hybridized carbons (Fsp3) is 0.583. The van der Waals surface area contributed by atoms with Crippen molar-refractivity contribution in [1.29, 1.82) is 0 Å². The summed E-state index contributed by atoms with van der Waals surface area (Å²) in [6.07, 6.45) is 4.71. The van der Waals surface area contributed by atoms with E-state index in [1.807, 2.05) is 19.1 Å². The van der Waals surface area contributed by atoms with Gasteiger partial charge in [0.2, 0.25) is 0 Å². The van der Waals surface area contributed by atoms with Crippen molar-refractivity contribution in [2.24, 2.45) is 0 Å². The Kier molecular flexibility index (Phi) is 3.29. The van der Waals surface area contributed by atoms with Crippen molar-refractivity contribution in [3.8, 4) is 0 Å². The normalized spacial score (nSPS) is 23.1. The highest BCUT2D eigenvalue weighted by atomic mass is 16.3. The SMILES string of the molecule is C[C@@H](O)[C@@H]1CCCCN1c1ncccc1N. The number of anilines is 2. The molecular weight excluding hydrogens is 202 g/mol. The van der Waals surface area contributed by atoms with E-state index >= 15 is 0 Å². The topological polar surface area (TPSA) is 62.4 Å². The van der Waals surface area contributed by atoms with Crippen LogP contribution < -0.4 is 10.6 Å². The molecule has 3 N–H and O–H groups in total. The Labute approximate surface area is 96.1 Å². The zero-order chi connectivity index (χ0) is 11.5. The Bertz CT molecular complexity index is 354. The van der Waals surface area contributed by atoms with Gasteiger partial charge in [0.1, 0.15) is 0 Å². The van der Waals surface area contributed by atoms with Crippen LogP contribution in [0.4, 0.5) is 11.5 Å². The number of aliphatic hydroxyl groups is 1. The zero-order valence-electron chi connectivity index (χ0n) is 9.63. The lowest BCUT2D eigenvalue weighted by molar-refractivity contribution is 0.145. The van der Waals surface area contributed by atoms with Gasteiger partial charge in [-0.05, 0) is 38.3 Å². The van der Waals surface area contributed by atoms with E-state index in [-0.39, 0.29) is 12.1 Å². The van der Waals surface area contributed by atoms with Gasteiger partial charge in [0, 0.05) is 12.7 Å². The lowest BCUT2D eigenvalue weighted by atomic mass is 9.98. The minimum Gasteiger partial charge on any atom is -0.396 e. The summed E-state index contributed by atoms with van der Waals surface area (Å²) < 4.78 is 0. The second-order valence-electron chi connectivity index (χ2n) is 4.41. The van der Waals surface area contributed by atoms with Crippen molar-refractivity contribution in [3.05, 3.63) is 18.3 Å². The smallest absolute Gasteiger partial charge is 0.152 e. The second-order valence-corrected chi connectivity index (χ2v) is 4.41. The third-order valence-electron chi connectivity index (χ3n) is 3.20. The van der Waals surface area contributed by atoms with Crippen molar-refractivity contribution < 1.29 is 5.11 Å². The maximum absolute atomic E-state index is 9.79. The summed E-state index contributed by atoms with van der Waals surface area (Å²) >= 11 is 0. The van der Waals surface area contributed by atoms with E-state index in [1.54, 1.807) is 6.20 Å². The number of pyridine rings is 1. The van der Waals surface area contributed by atoms with E-state index < -0.39 is 0 Å². The molecule has 2 rings (SSSR count). The molecular formula is C12H19N3O. The Balaban J connectivity index is 2.27. The summed E-state index contributed by atoms with van der Waals surface area (Å²) in [7, 11) is 0. The highest BCUT2D eigenvalue weighted by molar-refractivity contribution is 5.62. The van der Waals surface area contributed by atoms with Crippen LogP contribution in [0.15, 0.2) is 18.3 Å². The van der Waals surface area contributed by atoms with Crippen molar-refractivity contribution >= 4 is 11.5 Å². The van der Waals surface area contributed by atoms with Gasteiger partial charge in [-0.1, -0.05) is 0 Å². The number of rotatable bonds is 2. The van der Waals surface area contributed by atoms with Gasteiger partial charge in [0.25, 0.3) is 0 Å². The average molecular weight is 221 g/mol. The number of aromatic nitrogens is 1. The molecule has 1 saturated heterocycles. The van der Waals surface area contributed by atoms with Crippen molar-refractivity contribution in [2.75, 3.05) is 17.2 Å². The molecule has 1 aromatic rings. The van der Waals surface area contributed by atoms with Gasteiger partial charge < -0.3 is 15.7 Å². The van der Waals surface area contributed by atoms with E-state index in [9.17, 15) is 5.11 Å². The van der Waals surface area contributed by atoms with Gasteiger partial charge in [0.15, 0.2) is 5.82 Å². The van der Waals surface area contributed by atoms with Crippen LogP contribution in [-0.4, -0.2) is 28.8 Å². The van der Waals surface area contributed by atoms with Gasteiger partial charge in [-0.25, -0.2) is 4.98 Å². The predicted molar refractivity (Wildman–Crippen MR) is 65.3 cm³/mol. The first-order valence-electron chi connectivity index (χ1n) is 5.85. The Morgan fingerprint density at radius 3 is 3.06 bits per heavy atom. The van der Waals surface area contributed by atoms with Gasteiger partial charge in [-0.15, -0.1) is 0 Å². The fourth-order valence-corrected chi connectivity index (χ4v) is 2.37. The Morgan fingerprint density at radius 1 is 1.56 bits per heavy atom. The van der Waals surface area contributed by atoms with Crippen molar-refractivity contribution in [2.45, 2.75) is 38.3 Å². The molecule has 1 fully saturated rings. The van der Waals surface area contributed by atoms with E-state index in [0.717, 1.165) is 25.2 Å². The average Bonchev–Trinajstić information content (AvgIpc) is 2.29. The summed E-state index contributed by atoms with van der Waals surface area (Å²) in [6.45, 7) is 2.76. The van der Waals surface area contributed by atoms with Crippen LogP contribution in [-0.2, 0) is 0 Å². The largest absolute Gasteiger partial charge is 0.396 e. The van der Waals surface area contributed by atoms with Crippen LogP contribution in [0.5, 0.6) is 0 Å². The highest BCUT2D eigenvalue weighted by Crippen LogP contribution is 2.28. The van der Waals surface area contributed by atoms with Crippen molar-refractivity contribution in [1.82, 2.24) is 4.98 Å². The number of hydrogen-bond acceptors (Lipinski definition) is 4. The molecule has 1 aliphatic rings. The molecule has 4 nitrogen and oxygen atoms in total. The van der Waals surface area contributed by atoms with Crippen LogP contribution in [0, 0.1) is 0 Å². The Hall–Kier alpha value is -1.29. The molecule has 4 heteroatoms. The summed E-state index contributed by atoms with van der Waals surface area (Å²) in [5.74, 6) is 0.813. The lowest BCUT2D eigenvalue weighted by Crippen LogP contribution is -2.46. The van der Waals surface area contributed by atoms with E-state index in [0.29, 0.717) is 5.69 Å². The van der Waals surface area contributed by atoms with Crippen LogP contribution in [0.2, 0.25) is 0 Å². The molecule has 0 aromatic carbocycles. The van der Waals surface area contributed by atoms with Crippen LogP contribution in [0.1, 0.15) is 26.2 Å². The highest BCUT2D eigenvalue weighted by Gasteiger charge is 2.28. The maximum Gasteiger partial charge on any atom is 0.152 e. The van der Waals surface area contributed by atoms with Gasteiger partial charge in [-0.3, -0.25) is 0 Å². The fourth-order valence-electron chi connectivity index (χ4n) is 2.37. The maximum atomic E-state index is 9.79. The quantitative estimate of drug-likeness (QED) is 0.792. The molecule has 0 bridgehead atoms. The molecule has 16 heavy (non-hydrogen) atoms. The molecule has 0 aliphatic carbocycles. The summed E-state index contributed by atoms with van der Waals surface area (Å²) in [5, 5.41) is 9.79. The number of hydrogen-bond donors (Lipinski definition) is 2. The first kappa shape index (κ1) is 11.2. The molecule has 0 unspecified atom stereocenters. The summed E-state index contributed by atoms with van der Waals surface area (Å²) in [4.78, 5) is 6.47. The predicted octanol–water partition coefficient (Wildman–Crippen LogP) is 1.40. The van der Waals surface area contributed by atoms with Crippen LogP contribution in [0.3, 0.4) is 0 Å². The number of nitrogens with zero attached hydrogens (tertiary/aromatic N) is 2. The monoisotopic (exact) mass is 221 g/mol. The minimum absolute atomic E-state index is 0.144. The molecule has 0 amide bonds. The number of nitrogen functional groups attached to an aromatic ring is 1. The molecule has 1 aliphatic heterocycles. The van der Waals surface area contributed by atoms with Crippen LogP contribution in [0.25, 0.3) is 0 Å². The lowest BCUT2D eigenvalue weighted by Gasteiger charge is -2.38. The molecule has 88 valence electrons. The molecule has 0 spiro atoms. The number of aliphatic hydroxyl groups excluding tert-OH is 1. The van der Waals surface area contributed by atoms with Crippen LogP contribution >= 0.6 is 0 Å². The molecule has 0 saturated carbocycles. The molecule has 2 atom stereocenters. The first-order valence-corrected chi connectivity index (χ1v) is 5.85. The second kappa shape index (κ2) is 4.70. The third-order valence-corrected chi connectivity index (χ3v) is 3.20. The van der Waals surface area contributed by atoms with E-state index in [4.69, 9.17) is 5.73 Å². The van der Waals surface area contributed by atoms with E-state index in [2.05, 4.69) is 9.88 Å². The molecule has 0 radical (unpaired) electrons. The summed E-state index contributed by atoms with van der Waals surface area (Å²) in [5.41, 5.74) is 6.62. The first-order chi connectivity index (χ1) is 7.70. The third kappa shape index (κ3) is 2.11. The van der Waals surface area contributed by atoms with Gasteiger partial charge in [-0.2, -0.15) is 0 Å². The molecule has 2 heterocycles. The summed E-state index contributed by atoms with van der Waals surface area (Å²) in [6, 6.07) is 3.84. The van der Waals surface area contributed by atoms with Crippen molar-refractivity contribution in [3.63, 3.8) is 0 Å². The number of piperidine rings is 1. The number of nitrogens with two attached hydrogens (primary N) is 1. The van der Waals surface area contributed by atoms with Gasteiger partial charge >= 0.3 is 0 Å². The zero-order valence-corrected chi connectivity index (χ0v) is 9.63. The minimum atomic E-state index is -0.346. The Morgan fingerprint density at radius 2 is 2.38 bits per heavy atom. The molecule has 1 aromatic heterocycles.